The third-order valence-corrected chi connectivity index (χ3v) is 5.04. The minimum absolute atomic E-state index is 0.0216. The predicted octanol–water partition coefficient (Wildman–Crippen LogP) is 4.35. The number of para-hydroxylation sites is 1. The highest BCUT2D eigenvalue weighted by molar-refractivity contribution is 5.97. The standard InChI is InChI=1S/C24H19N5O7/c1-13-7-8-14-5-4-6-18(19(14)27-13)36-22-20(29(32)33)21(25-12-26-22)28-17-10-15(23(30)34-2)9-16(11-17)24(31)35-3/h4-12H,1-3H3,(H,25,26,28). The van der Waals surface area contributed by atoms with Crippen molar-refractivity contribution in [2.45, 2.75) is 6.92 Å². The summed E-state index contributed by atoms with van der Waals surface area (Å²) >= 11 is 0. The molecule has 0 saturated heterocycles. The van der Waals surface area contributed by atoms with Crippen LogP contribution in [0.2, 0.25) is 0 Å². The number of esters is 2. The van der Waals surface area contributed by atoms with Crippen molar-refractivity contribution in [1.82, 2.24) is 15.0 Å². The second-order valence-electron chi connectivity index (χ2n) is 7.42. The van der Waals surface area contributed by atoms with E-state index in [1.165, 1.54) is 32.4 Å². The lowest BCUT2D eigenvalue weighted by Crippen LogP contribution is -2.09. The lowest BCUT2D eigenvalue weighted by Gasteiger charge is -2.12. The Kier molecular flexibility index (Phi) is 6.68. The fourth-order valence-corrected chi connectivity index (χ4v) is 3.41. The number of hydrogen-bond donors (Lipinski definition) is 1. The van der Waals surface area contributed by atoms with Gasteiger partial charge in [-0.15, -0.1) is 0 Å². The van der Waals surface area contributed by atoms with Gasteiger partial charge in [-0.05, 0) is 37.3 Å². The number of hydrogen-bond acceptors (Lipinski definition) is 11. The molecule has 2 aromatic carbocycles. The van der Waals surface area contributed by atoms with Crippen LogP contribution in [0.1, 0.15) is 26.4 Å². The maximum Gasteiger partial charge on any atom is 0.373 e. The van der Waals surface area contributed by atoms with Gasteiger partial charge < -0.3 is 19.5 Å². The number of nitrogens with zero attached hydrogens (tertiary/aromatic N) is 4. The Morgan fingerprint density at radius 3 is 2.31 bits per heavy atom. The number of ether oxygens (including phenoxy) is 3. The molecule has 12 nitrogen and oxygen atoms in total. The number of carbonyl (C=O) groups excluding carboxylic acids is 2. The Bertz CT molecular complexity index is 1470. The quantitative estimate of drug-likeness (QED) is 0.224. The van der Waals surface area contributed by atoms with Crippen molar-refractivity contribution in [3.8, 4) is 11.6 Å². The van der Waals surface area contributed by atoms with Crippen molar-refractivity contribution < 1.29 is 28.7 Å². The fraction of sp³-hybridized carbons (Fsp3) is 0.125. The van der Waals surface area contributed by atoms with Gasteiger partial charge in [-0.3, -0.25) is 10.1 Å². The second kappa shape index (κ2) is 10.0. The molecule has 0 unspecified atom stereocenters. The zero-order valence-electron chi connectivity index (χ0n) is 19.3. The summed E-state index contributed by atoms with van der Waals surface area (Å²) in [6.45, 7) is 1.82. The number of benzene rings is 2. The monoisotopic (exact) mass is 489 g/mol. The van der Waals surface area contributed by atoms with Crippen LogP contribution in [0, 0.1) is 17.0 Å². The fourth-order valence-electron chi connectivity index (χ4n) is 3.41. The van der Waals surface area contributed by atoms with Gasteiger partial charge in [0.25, 0.3) is 0 Å². The molecule has 0 saturated carbocycles. The van der Waals surface area contributed by atoms with Crippen molar-refractivity contribution in [3.63, 3.8) is 0 Å². The molecular formula is C24H19N5O7. The van der Waals surface area contributed by atoms with E-state index in [2.05, 4.69) is 20.3 Å². The average molecular weight is 489 g/mol. The number of carbonyl (C=O) groups is 2. The largest absolute Gasteiger partial charge is 0.465 e. The number of fused-ring (bicyclic) bond motifs is 1. The van der Waals surface area contributed by atoms with E-state index < -0.39 is 22.5 Å². The van der Waals surface area contributed by atoms with Crippen LogP contribution < -0.4 is 10.1 Å². The molecule has 0 radical (unpaired) electrons. The molecule has 0 amide bonds. The normalized spacial score (nSPS) is 10.5. The summed E-state index contributed by atoms with van der Waals surface area (Å²) in [6, 6.07) is 12.9. The molecule has 1 N–H and O–H groups in total. The lowest BCUT2D eigenvalue weighted by molar-refractivity contribution is -0.385. The number of anilines is 2. The van der Waals surface area contributed by atoms with E-state index >= 15 is 0 Å². The molecule has 0 aliphatic carbocycles. The van der Waals surface area contributed by atoms with Gasteiger partial charge in [-0.25, -0.2) is 19.6 Å². The van der Waals surface area contributed by atoms with Gasteiger partial charge in [0.2, 0.25) is 5.82 Å². The zero-order valence-corrected chi connectivity index (χ0v) is 19.3. The highest BCUT2D eigenvalue weighted by atomic mass is 16.6. The van der Waals surface area contributed by atoms with E-state index in [4.69, 9.17) is 14.2 Å². The summed E-state index contributed by atoms with van der Waals surface area (Å²) in [4.78, 5) is 47.9. The Balaban J connectivity index is 1.77. The SMILES string of the molecule is COC(=O)c1cc(Nc2ncnc(Oc3cccc4ccc(C)nc34)c2[N+](=O)[O-])cc(C(=O)OC)c1. The third kappa shape index (κ3) is 4.87. The number of pyridine rings is 1. The van der Waals surface area contributed by atoms with Crippen molar-refractivity contribution in [2.24, 2.45) is 0 Å². The Morgan fingerprint density at radius 2 is 1.67 bits per heavy atom. The Morgan fingerprint density at radius 1 is 0.972 bits per heavy atom. The number of aromatic nitrogens is 3. The van der Waals surface area contributed by atoms with Crippen LogP contribution in [0.5, 0.6) is 11.6 Å². The van der Waals surface area contributed by atoms with Gasteiger partial charge in [0.15, 0.2) is 5.75 Å². The first-order chi connectivity index (χ1) is 17.3. The number of nitro groups is 1. The first-order valence-corrected chi connectivity index (χ1v) is 10.4. The molecule has 0 aliphatic rings. The van der Waals surface area contributed by atoms with Crippen LogP contribution in [-0.2, 0) is 9.47 Å². The van der Waals surface area contributed by atoms with E-state index in [-0.39, 0.29) is 34.3 Å². The highest BCUT2D eigenvalue weighted by Gasteiger charge is 2.26. The minimum Gasteiger partial charge on any atom is -0.465 e. The Hall–Kier alpha value is -5.13. The number of nitrogens with one attached hydrogen (secondary N) is 1. The molecule has 2 heterocycles. The smallest absolute Gasteiger partial charge is 0.373 e. The molecule has 0 bridgehead atoms. The zero-order chi connectivity index (χ0) is 25.8. The lowest BCUT2D eigenvalue weighted by atomic mass is 10.1. The summed E-state index contributed by atoms with van der Waals surface area (Å²) in [6.07, 6.45) is 1.08. The molecule has 0 spiro atoms. The highest BCUT2D eigenvalue weighted by Crippen LogP contribution is 2.37. The third-order valence-electron chi connectivity index (χ3n) is 5.04. The van der Waals surface area contributed by atoms with Crippen LogP contribution in [0.25, 0.3) is 10.9 Å². The van der Waals surface area contributed by atoms with E-state index in [0.717, 1.165) is 17.4 Å². The van der Waals surface area contributed by atoms with Crippen LogP contribution in [0.15, 0.2) is 54.9 Å². The summed E-state index contributed by atoms with van der Waals surface area (Å²) in [5.41, 5.74) is 0.874. The van der Waals surface area contributed by atoms with Gasteiger partial charge in [0.1, 0.15) is 11.8 Å². The molecule has 0 aliphatic heterocycles. The van der Waals surface area contributed by atoms with Crippen LogP contribution >= 0.6 is 0 Å². The van der Waals surface area contributed by atoms with E-state index in [1.807, 2.05) is 25.1 Å². The van der Waals surface area contributed by atoms with E-state index in [1.54, 1.807) is 12.1 Å². The molecule has 12 heteroatoms. The van der Waals surface area contributed by atoms with E-state index in [0.29, 0.717) is 5.52 Å². The van der Waals surface area contributed by atoms with Crippen molar-refractivity contribution in [3.05, 3.63) is 81.8 Å². The molecule has 4 aromatic rings. The molecule has 2 aromatic heterocycles. The second-order valence-corrected chi connectivity index (χ2v) is 7.42. The van der Waals surface area contributed by atoms with Gasteiger partial charge in [-0.2, -0.15) is 4.98 Å². The van der Waals surface area contributed by atoms with Crippen LogP contribution in [0.4, 0.5) is 17.2 Å². The van der Waals surface area contributed by atoms with Gasteiger partial charge in [-0.1, -0.05) is 18.2 Å². The summed E-state index contributed by atoms with van der Waals surface area (Å²) in [5, 5.41) is 15.6. The molecule has 182 valence electrons. The maximum absolute atomic E-state index is 12.1. The molecular weight excluding hydrogens is 470 g/mol. The van der Waals surface area contributed by atoms with Crippen LogP contribution in [0.3, 0.4) is 0 Å². The first kappa shape index (κ1) is 24.0. The number of methoxy groups -OCH3 is 2. The molecule has 4 rings (SSSR count). The first-order valence-electron chi connectivity index (χ1n) is 10.4. The molecule has 36 heavy (non-hydrogen) atoms. The van der Waals surface area contributed by atoms with Crippen molar-refractivity contribution >= 4 is 40.0 Å². The van der Waals surface area contributed by atoms with Gasteiger partial charge in [0.05, 0.1) is 30.3 Å². The minimum atomic E-state index is -0.719. The summed E-state index contributed by atoms with van der Waals surface area (Å²) in [7, 11) is 2.37. The Labute approximate surface area is 204 Å². The summed E-state index contributed by atoms with van der Waals surface area (Å²) in [5.74, 6) is -1.73. The molecule has 0 atom stereocenters. The van der Waals surface area contributed by atoms with Crippen LogP contribution in [-0.4, -0.2) is 46.0 Å². The summed E-state index contributed by atoms with van der Waals surface area (Å²) < 4.78 is 15.3. The van der Waals surface area contributed by atoms with Crippen molar-refractivity contribution in [1.29, 1.82) is 0 Å². The van der Waals surface area contributed by atoms with E-state index in [9.17, 15) is 19.7 Å². The number of aryl methyl sites for hydroxylation is 1. The van der Waals surface area contributed by atoms with Crippen molar-refractivity contribution in [2.75, 3.05) is 19.5 Å². The van der Waals surface area contributed by atoms with Gasteiger partial charge in [0, 0.05) is 16.8 Å². The van der Waals surface area contributed by atoms with Gasteiger partial charge >= 0.3 is 23.5 Å². The number of rotatable bonds is 7. The molecule has 0 fully saturated rings. The predicted molar refractivity (Wildman–Crippen MR) is 128 cm³/mol. The topological polar surface area (TPSA) is 156 Å². The maximum atomic E-state index is 12.1. The average Bonchev–Trinajstić information content (AvgIpc) is 2.87.